The second-order valence-corrected chi connectivity index (χ2v) is 4.97. The Hall–Kier alpha value is -1.55. The van der Waals surface area contributed by atoms with Crippen LogP contribution in [0.15, 0.2) is 30.3 Å². The fourth-order valence-electron chi connectivity index (χ4n) is 1.96. The predicted molar refractivity (Wildman–Crippen MR) is 77.1 cm³/mol. The minimum Gasteiger partial charge on any atom is -0.392 e. The Kier molecular flexibility index (Phi) is 6.36. The summed E-state index contributed by atoms with van der Waals surface area (Å²) >= 11 is 0. The van der Waals surface area contributed by atoms with Crippen LogP contribution < -0.4 is 5.32 Å². The van der Waals surface area contributed by atoms with Crippen LogP contribution in [0, 0.1) is 0 Å². The summed E-state index contributed by atoms with van der Waals surface area (Å²) in [6.45, 7) is 4.07. The first-order valence-electron chi connectivity index (χ1n) is 6.76. The van der Waals surface area contributed by atoms with E-state index in [0.717, 1.165) is 12.8 Å². The molecule has 0 radical (unpaired) electrons. The fraction of sp³-hybridized carbons (Fsp3) is 0.533. The summed E-state index contributed by atoms with van der Waals surface area (Å²) < 4.78 is 0. The third kappa shape index (κ3) is 5.75. The van der Waals surface area contributed by atoms with Crippen LogP contribution in [0.1, 0.15) is 25.8 Å². The van der Waals surface area contributed by atoms with Crippen LogP contribution in [0.3, 0.4) is 0 Å². The van der Waals surface area contributed by atoms with E-state index in [1.165, 1.54) is 10.5 Å². The number of nitrogens with one attached hydrogen (secondary N) is 1. The molecule has 0 spiro atoms. The fourth-order valence-corrected chi connectivity index (χ4v) is 1.96. The molecule has 0 aliphatic carbocycles. The molecule has 0 aromatic heterocycles. The molecule has 0 aliphatic rings. The lowest BCUT2D eigenvalue weighted by Gasteiger charge is -2.23. The summed E-state index contributed by atoms with van der Waals surface area (Å²) in [6.07, 6.45) is 1.19. The van der Waals surface area contributed by atoms with Crippen molar-refractivity contribution in [1.82, 2.24) is 10.2 Å². The first kappa shape index (κ1) is 15.5. The van der Waals surface area contributed by atoms with Gasteiger partial charge in [-0.2, -0.15) is 0 Å². The molecule has 0 bridgehead atoms. The van der Waals surface area contributed by atoms with Crippen molar-refractivity contribution in [3.05, 3.63) is 35.9 Å². The molecular weight excluding hydrogens is 240 g/mol. The Morgan fingerprint density at radius 3 is 2.53 bits per heavy atom. The average Bonchev–Trinajstić information content (AvgIpc) is 2.38. The normalized spacial score (nSPS) is 13.7. The summed E-state index contributed by atoms with van der Waals surface area (Å²) in [6, 6.07) is 10.1. The maximum atomic E-state index is 11.9. The third-order valence-electron chi connectivity index (χ3n) is 3.03. The largest absolute Gasteiger partial charge is 0.392 e. The molecule has 2 unspecified atom stereocenters. The number of carbonyl (C=O) groups is 1. The average molecular weight is 264 g/mol. The van der Waals surface area contributed by atoms with Gasteiger partial charge in [-0.15, -0.1) is 0 Å². The van der Waals surface area contributed by atoms with Crippen molar-refractivity contribution in [1.29, 1.82) is 0 Å². The number of likely N-dealkylation sites (N-methyl/N-ethyl adjacent to an activating group) is 1. The number of aliphatic hydroxyl groups excluding tert-OH is 1. The van der Waals surface area contributed by atoms with Crippen LogP contribution in [-0.4, -0.2) is 41.8 Å². The van der Waals surface area contributed by atoms with Gasteiger partial charge in [0, 0.05) is 19.6 Å². The van der Waals surface area contributed by atoms with E-state index in [1.807, 2.05) is 18.2 Å². The number of aliphatic hydroxyl groups is 1. The van der Waals surface area contributed by atoms with Gasteiger partial charge in [0.25, 0.3) is 0 Å². The minimum atomic E-state index is -0.509. The number of hydrogen-bond donors (Lipinski definition) is 2. The van der Waals surface area contributed by atoms with Gasteiger partial charge in [-0.05, 0) is 25.3 Å². The molecule has 1 aromatic carbocycles. The minimum absolute atomic E-state index is 0.117. The van der Waals surface area contributed by atoms with E-state index in [2.05, 4.69) is 24.4 Å². The molecule has 106 valence electrons. The van der Waals surface area contributed by atoms with Crippen molar-refractivity contribution >= 4 is 6.03 Å². The molecule has 0 saturated heterocycles. The number of urea groups is 1. The lowest BCUT2D eigenvalue weighted by Crippen LogP contribution is -2.45. The summed E-state index contributed by atoms with van der Waals surface area (Å²) in [7, 11) is 1.69. The monoisotopic (exact) mass is 264 g/mol. The first-order valence-corrected chi connectivity index (χ1v) is 6.76. The maximum Gasteiger partial charge on any atom is 0.317 e. The molecule has 0 saturated carbocycles. The lowest BCUT2D eigenvalue weighted by atomic mass is 10.0. The highest BCUT2D eigenvalue weighted by atomic mass is 16.3. The Labute approximate surface area is 115 Å². The molecule has 1 rings (SSSR count). The Morgan fingerprint density at radius 1 is 1.37 bits per heavy atom. The molecule has 0 fully saturated rings. The Morgan fingerprint density at radius 2 is 2.00 bits per heavy atom. The van der Waals surface area contributed by atoms with E-state index in [9.17, 15) is 9.90 Å². The van der Waals surface area contributed by atoms with E-state index in [0.29, 0.717) is 6.54 Å². The topological polar surface area (TPSA) is 52.6 Å². The highest BCUT2D eigenvalue weighted by Gasteiger charge is 2.15. The van der Waals surface area contributed by atoms with Gasteiger partial charge >= 0.3 is 6.03 Å². The molecule has 0 aliphatic heterocycles. The molecule has 0 heterocycles. The van der Waals surface area contributed by atoms with E-state index in [4.69, 9.17) is 0 Å². The zero-order valence-electron chi connectivity index (χ0n) is 12.0. The number of amides is 2. The molecule has 2 atom stereocenters. The van der Waals surface area contributed by atoms with Gasteiger partial charge in [-0.1, -0.05) is 37.3 Å². The molecule has 19 heavy (non-hydrogen) atoms. The zero-order chi connectivity index (χ0) is 14.3. The number of benzene rings is 1. The number of nitrogens with zero attached hydrogens (tertiary/aromatic N) is 1. The van der Waals surface area contributed by atoms with Crippen molar-refractivity contribution in [2.45, 2.75) is 38.8 Å². The molecule has 4 nitrogen and oxygen atoms in total. The van der Waals surface area contributed by atoms with E-state index < -0.39 is 6.10 Å². The number of hydrogen-bond acceptors (Lipinski definition) is 2. The van der Waals surface area contributed by atoms with Crippen molar-refractivity contribution in [2.24, 2.45) is 0 Å². The van der Waals surface area contributed by atoms with Gasteiger partial charge in [0.1, 0.15) is 0 Å². The van der Waals surface area contributed by atoms with Crippen molar-refractivity contribution in [2.75, 3.05) is 13.6 Å². The van der Waals surface area contributed by atoms with Crippen LogP contribution in [0.4, 0.5) is 4.79 Å². The van der Waals surface area contributed by atoms with Gasteiger partial charge in [-0.25, -0.2) is 4.79 Å². The highest BCUT2D eigenvalue weighted by molar-refractivity contribution is 5.74. The Bertz CT molecular complexity index is 379. The van der Waals surface area contributed by atoms with E-state index in [-0.39, 0.29) is 12.1 Å². The van der Waals surface area contributed by atoms with Gasteiger partial charge in [0.2, 0.25) is 0 Å². The molecule has 2 amide bonds. The maximum absolute atomic E-state index is 11.9. The Balaban J connectivity index is 2.50. The van der Waals surface area contributed by atoms with Crippen molar-refractivity contribution in [3.63, 3.8) is 0 Å². The van der Waals surface area contributed by atoms with Crippen molar-refractivity contribution < 1.29 is 9.90 Å². The standard InChI is InChI=1S/C15H24N2O2/c1-4-14(10-13-8-6-5-7-9-13)16-15(19)17(3)11-12(2)18/h5-9,12,14,18H,4,10-11H2,1-3H3,(H,16,19). The summed E-state index contributed by atoms with van der Waals surface area (Å²) in [5.41, 5.74) is 1.22. The molecular formula is C15H24N2O2. The second kappa shape index (κ2) is 7.79. The van der Waals surface area contributed by atoms with Gasteiger partial charge < -0.3 is 15.3 Å². The van der Waals surface area contributed by atoms with Crippen LogP contribution in [0.25, 0.3) is 0 Å². The quantitative estimate of drug-likeness (QED) is 0.826. The van der Waals surface area contributed by atoms with Crippen LogP contribution in [-0.2, 0) is 6.42 Å². The lowest BCUT2D eigenvalue weighted by molar-refractivity contribution is 0.142. The summed E-state index contributed by atoms with van der Waals surface area (Å²) in [4.78, 5) is 13.5. The zero-order valence-corrected chi connectivity index (χ0v) is 12.0. The van der Waals surface area contributed by atoms with Gasteiger partial charge in [0.15, 0.2) is 0 Å². The summed E-state index contributed by atoms with van der Waals surface area (Å²) in [5.74, 6) is 0. The molecule has 4 heteroatoms. The van der Waals surface area contributed by atoms with Crippen LogP contribution >= 0.6 is 0 Å². The highest BCUT2D eigenvalue weighted by Crippen LogP contribution is 2.06. The van der Waals surface area contributed by atoms with Crippen LogP contribution in [0.2, 0.25) is 0 Å². The van der Waals surface area contributed by atoms with E-state index >= 15 is 0 Å². The second-order valence-electron chi connectivity index (χ2n) is 4.97. The smallest absolute Gasteiger partial charge is 0.317 e. The molecule has 2 N–H and O–H groups in total. The SMILES string of the molecule is CCC(Cc1ccccc1)NC(=O)N(C)CC(C)O. The summed E-state index contributed by atoms with van der Waals surface area (Å²) in [5, 5.41) is 12.3. The van der Waals surface area contributed by atoms with Gasteiger partial charge in [-0.3, -0.25) is 0 Å². The first-order chi connectivity index (χ1) is 9.02. The van der Waals surface area contributed by atoms with Crippen LogP contribution in [0.5, 0.6) is 0 Å². The van der Waals surface area contributed by atoms with E-state index in [1.54, 1.807) is 14.0 Å². The van der Waals surface area contributed by atoms with Crippen molar-refractivity contribution in [3.8, 4) is 0 Å². The number of rotatable bonds is 6. The number of carbonyl (C=O) groups excluding carboxylic acids is 1. The molecule has 1 aromatic rings. The predicted octanol–water partition coefficient (Wildman–Crippen LogP) is 2.03. The van der Waals surface area contributed by atoms with Gasteiger partial charge in [0.05, 0.1) is 6.10 Å². The third-order valence-corrected chi connectivity index (χ3v) is 3.03.